The van der Waals surface area contributed by atoms with E-state index in [1.807, 2.05) is 20.8 Å². The van der Waals surface area contributed by atoms with Crippen LogP contribution in [0.15, 0.2) is 23.8 Å². The summed E-state index contributed by atoms with van der Waals surface area (Å²) in [4.78, 5) is 11.8. The molecule has 0 amide bonds. The molecule has 18 heavy (non-hydrogen) atoms. The van der Waals surface area contributed by atoms with Crippen molar-refractivity contribution in [1.82, 2.24) is 0 Å². The van der Waals surface area contributed by atoms with Crippen molar-refractivity contribution >= 4 is 29.3 Å². The molecule has 0 aliphatic rings. The van der Waals surface area contributed by atoms with Gasteiger partial charge in [0.05, 0.1) is 10.7 Å². The number of nitrogen functional groups attached to an aromatic ring is 1. The van der Waals surface area contributed by atoms with Crippen molar-refractivity contribution in [2.24, 2.45) is 0 Å². The monoisotopic (exact) mass is 267 g/mol. The maximum Gasteiger partial charge on any atom is 0.334 e. The number of hydrogen-bond acceptors (Lipinski definition) is 3. The van der Waals surface area contributed by atoms with Gasteiger partial charge in [-0.05, 0) is 51.5 Å². The lowest BCUT2D eigenvalue weighted by Gasteiger charge is -2.19. The highest BCUT2D eigenvalue weighted by atomic mass is 35.5. The van der Waals surface area contributed by atoms with Crippen LogP contribution >= 0.6 is 11.6 Å². The van der Waals surface area contributed by atoms with Crippen molar-refractivity contribution in [3.63, 3.8) is 0 Å². The summed E-state index contributed by atoms with van der Waals surface area (Å²) in [7, 11) is 0. The molecule has 1 aromatic carbocycles. The van der Waals surface area contributed by atoms with Gasteiger partial charge in [0.25, 0.3) is 0 Å². The minimum Gasteiger partial charge on any atom is -0.457 e. The number of hydrogen-bond donors (Lipinski definition) is 1. The van der Waals surface area contributed by atoms with Gasteiger partial charge in [-0.2, -0.15) is 0 Å². The molecule has 98 valence electrons. The second-order valence-corrected chi connectivity index (χ2v) is 5.52. The number of nitrogens with two attached hydrogens (primary N) is 1. The Hall–Kier alpha value is -1.48. The van der Waals surface area contributed by atoms with Crippen molar-refractivity contribution in [3.8, 4) is 0 Å². The van der Waals surface area contributed by atoms with Crippen LogP contribution in [0.25, 0.3) is 6.08 Å². The van der Waals surface area contributed by atoms with Crippen LogP contribution in [0.2, 0.25) is 5.02 Å². The lowest BCUT2D eigenvalue weighted by atomic mass is 10.1. The van der Waals surface area contributed by atoms with Gasteiger partial charge in [0.1, 0.15) is 5.60 Å². The fraction of sp³-hybridized carbons (Fsp3) is 0.357. The number of ether oxygens (including phenoxy) is 1. The minimum absolute atomic E-state index is 0.337. The second-order valence-electron chi connectivity index (χ2n) is 5.11. The summed E-state index contributed by atoms with van der Waals surface area (Å²) in [6.07, 6.45) is 1.72. The summed E-state index contributed by atoms with van der Waals surface area (Å²) < 4.78 is 5.26. The van der Waals surface area contributed by atoms with Crippen LogP contribution in [0.1, 0.15) is 33.3 Å². The Morgan fingerprint density at radius 3 is 2.50 bits per heavy atom. The maximum atomic E-state index is 11.8. The van der Waals surface area contributed by atoms with Gasteiger partial charge in [-0.15, -0.1) is 0 Å². The molecule has 0 fully saturated rings. The van der Waals surface area contributed by atoms with Crippen molar-refractivity contribution in [2.45, 2.75) is 33.3 Å². The van der Waals surface area contributed by atoms with E-state index in [1.54, 1.807) is 31.2 Å². The van der Waals surface area contributed by atoms with E-state index in [-0.39, 0.29) is 5.97 Å². The zero-order valence-electron chi connectivity index (χ0n) is 11.1. The number of anilines is 1. The van der Waals surface area contributed by atoms with Crippen LogP contribution in [-0.2, 0) is 9.53 Å². The summed E-state index contributed by atoms with van der Waals surface area (Å²) in [6, 6.07) is 5.22. The van der Waals surface area contributed by atoms with Crippen molar-refractivity contribution < 1.29 is 9.53 Å². The van der Waals surface area contributed by atoms with Gasteiger partial charge in [0.15, 0.2) is 0 Å². The molecule has 4 heteroatoms. The zero-order valence-corrected chi connectivity index (χ0v) is 11.8. The molecular formula is C14H18ClNO2. The third-order valence-corrected chi connectivity index (χ3v) is 2.47. The van der Waals surface area contributed by atoms with Gasteiger partial charge in [-0.25, -0.2) is 4.79 Å². The first-order valence-corrected chi connectivity index (χ1v) is 6.03. The fourth-order valence-corrected chi connectivity index (χ4v) is 1.44. The van der Waals surface area contributed by atoms with Crippen molar-refractivity contribution in [2.75, 3.05) is 5.73 Å². The number of rotatable bonds is 2. The largest absolute Gasteiger partial charge is 0.457 e. The quantitative estimate of drug-likeness (QED) is 0.505. The van der Waals surface area contributed by atoms with E-state index in [0.29, 0.717) is 16.3 Å². The second kappa shape index (κ2) is 5.44. The van der Waals surface area contributed by atoms with E-state index in [4.69, 9.17) is 22.1 Å². The highest BCUT2D eigenvalue weighted by molar-refractivity contribution is 6.33. The highest BCUT2D eigenvalue weighted by Crippen LogP contribution is 2.21. The molecule has 0 saturated carbocycles. The summed E-state index contributed by atoms with van der Waals surface area (Å²) in [6.45, 7) is 7.20. The number of carbonyl (C=O) groups excluding carboxylic acids is 1. The molecule has 3 nitrogen and oxygen atoms in total. The van der Waals surface area contributed by atoms with E-state index in [0.717, 1.165) is 5.56 Å². The molecule has 0 unspecified atom stereocenters. The third kappa shape index (κ3) is 4.41. The molecule has 0 radical (unpaired) electrons. The lowest BCUT2D eigenvalue weighted by molar-refractivity contribution is -0.149. The molecule has 0 spiro atoms. The molecule has 0 aliphatic carbocycles. The number of halogens is 1. The Bertz CT molecular complexity index is 487. The molecule has 0 aromatic heterocycles. The summed E-state index contributed by atoms with van der Waals surface area (Å²) in [5.74, 6) is -0.337. The Morgan fingerprint density at radius 2 is 2.00 bits per heavy atom. The third-order valence-electron chi connectivity index (χ3n) is 2.12. The van der Waals surface area contributed by atoms with Gasteiger partial charge in [-0.3, -0.25) is 0 Å². The zero-order chi connectivity index (χ0) is 13.9. The van der Waals surface area contributed by atoms with Gasteiger partial charge in [0.2, 0.25) is 0 Å². The molecule has 0 heterocycles. The topological polar surface area (TPSA) is 52.3 Å². The predicted molar refractivity (Wildman–Crippen MR) is 75.4 cm³/mol. The van der Waals surface area contributed by atoms with Gasteiger partial charge in [-0.1, -0.05) is 17.7 Å². The van der Waals surface area contributed by atoms with Gasteiger partial charge in [0, 0.05) is 5.57 Å². The Balaban J connectivity index is 2.88. The van der Waals surface area contributed by atoms with Crippen LogP contribution in [0.4, 0.5) is 5.69 Å². The summed E-state index contributed by atoms with van der Waals surface area (Å²) >= 11 is 5.83. The van der Waals surface area contributed by atoms with Crippen LogP contribution in [0.5, 0.6) is 0 Å². The maximum absolute atomic E-state index is 11.8. The van der Waals surface area contributed by atoms with Crippen LogP contribution in [-0.4, -0.2) is 11.6 Å². The van der Waals surface area contributed by atoms with E-state index in [1.165, 1.54) is 0 Å². The van der Waals surface area contributed by atoms with Crippen LogP contribution < -0.4 is 5.73 Å². The molecule has 0 bridgehead atoms. The fourth-order valence-electron chi connectivity index (χ4n) is 1.32. The van der Waals surface area contributed by atoms with Crippen molar-refractivity contribution in [3.05, 3.63) is 34.4 Å². The van der Waals surface area contributed by atoms with E-state index < -0.39 is 5.60 Å². The SMILES string of the molecule is C/C(=C\c1ccc(Cl)c(N)c1)C(=O)OC(C)(C)C. The van der Waals surface area contributed by atoms with E-state index in [2.05, 4.69) is 0 Å². The molecule has 0 saturated heterocycles. The summed E-state index contributed by atoms with van der Waals surface area (Å²) in [5, 5.41) is 0.502. The Morgan fingerprint density at radius 1 is 1.39 bits per heavy atom. The molecular weight excluding hydrogens is 250 g/mol. The predicted octanol–water partition coefficient (Wildman–Crippen LogP) is 3.67. The average Bonchev–Trinajstić information content (AvgIpc) is 2.21. The average molecular weight is 268 g/mol. The first-order valence-electron chi connectivity index (χ1n) is 5.66. The van der Waals surface area contributed by atoms with E-state index >= 15 is 0 Å². The summed E-state index contributed by atoms with van der Waals surface area (Å²) in [5.41, 5.74) is 7.03. The van der Waals surface area contributed by atoms with Gasteiger partial charge < -0.3 is 10.5 Å². The van der Waals surface area contributed by atoms with Gasteiger partial charge >= 0.3 is 5.97 Å². The first-order chi connectivity index (χ1) is 8.19. The van der Waals surface area contributed by atoms with Crippen molar-refractivity contribution in [1.29, 1.82) is 0 Å². The van der Waals surface area contributed by atoms with Crippen LogP contribution in [0.3, 0.4) is 0 Å². The Labute approximate surface area is 113 Å². The highest BCUT2D eigenvalue weighted by Gasteiger charge is 2.17. The molecule has 1 aromatic rings. The first kappa shape index (κ1) is 14.6. The standard InChI is InChI=1S/C14H18ClNO2/c1-9(13(17)18-14(2,3)4)7-10-5-6-11(15)12(16)8-10/h5-8H,16H2,1-4H3/b9-7+. The molecule has 1 rings (SSSR count). The number of carbonyl (C=O) groups is 1. The normalized spacial score (nSPS) is 12.4. The van der Waals surface area contributed by atoms with E-state index in [9.17, 15) is 4.79 Å². The molecule has 0 aliphatic heterocycles. The van der Waals surface area contributed by atoms with Crippen LogP contribution in [0, 0.1) is 0 Å². The lowest BCUT2D eigenvalue weighted by Crippen LogP contribution is -2.24. The smallest absolute Gasteiger partial charge is 0.334 e. The Kier molecular flexibility index (Phi) is 4.41. The molecule has 0 atom stereocenters. The molecule has 2 N–H and O–H groups in total. The number of benzene rings is 1. The minimum atomic E-state index is -0.495. The number of esters is 1.